The predicted octanol–water partition coefficient (Wildman–Crippen LogP) is 3.52. The van der Waals surface area contributed by atoms with Crippen molar-refractivity contribution in [2.75, 3.05) is 0 Å². The molecule has 0 aliphatic rings. The number of halogens is 3. The van der Waals surface area contributed by atoms with Crippen LogP contribution >= 0.6 is 0 Å². The molecule has 1 atom stereocenters. The van der Waals surface area contributed by atoms with Gasteiger partial charge < -0.3 is 4.74 Å². The fourth-order valence-electron chi connectivity index (χ4n) is 1.14. The Bertz CT molecular complexity index is 319. The molecular formula is C12H12F3O. The molecule has 1 aromatic rings. The second-order valence-corrected chi connectivity index (χ2v) is 3.19. The minimum Gasteiger partial charge on any atom is -0.363 e. The molecule has 0 saturated carbocycles. The molecule has 1 aromatic carbocycles. The van der Waals surface area contributed by atoms with E-state index in [-0.39, 0.29) is 6.61 Å². The molecule has 0 saturated heterocycles. The van der Waals surface area contributed by atoms with E-state index in [1.54, 1.807) is 30.3 Å². The van der Waals surface area contributed by atoms with E-state index in [1.807, 2.05) is 0 Å². The Morgan fingerprint density at radius 1 is 1.25 bits per heavy atom. The summed E-state index contributed by atoms with van der Waals surface area (Å²) < 4.78 is 42.0. The van der Waals surface area contributed by atoms with Crippen LogP contribution in [0.15, 0.2) is 43.0 Å². The quantitative estimate of drug-likeness (QED) is 0.750. The summed E-state index contributed by atoms with van der Waals surface area (Å²) in [5, 5.41) is 0. The molecule has 0 spiro atoms. The van der Waals surface area contributed by atoms with Crippen LogP contribution in [0, 0.1) is 6.42 Å². The third-order valence-corrected chi connectivity index (χ3v) is 1.91. The van der Waals surface area contributed by atoms with Gasteiger partial charge in [-0.2, -0.15) is 13.2 Å². The van der Waals surface area contributed by atoms with Crippen molar-refractivity contribution in [3.63, 3.8) is 0 Å². The maximum atomic E-state index is 12.4. The minimum absolute atomic E-state index is 0.0741. The number of hydrogen-bond acceptors (Lipinski definition) is 1. The Kier molecular flexibility index (Phi) is 4.55. The highest BCUT2D eigenvalue weighted by Gasteiger charge is 2.39. The van der Waals surface area contributed by atoms with E-state index >= 15 is 0 Å². The topological polar surface area (TPSA) is 9.23 Å². The lowest BCUT2D eigenvalue weighted by Crippen LogP contribution is -2.31. The highest BCUT2D eigenvalue weighted by Crippen LogP contribution is 2.25. The monoisotopic (exact) mass is 229 g/mol. The van der Waals surface area contributed by atoms with Crippen molar-refractivity contribution in [2.24, 2.45) is 0 Å². The minimum atomic E-state index is -4.40. The van der Waals surface area contributed by atoms with Gasteiger partial charge in [-0.1, -0.05) is 36.4 Å². The van der Waals surface area contributed by atoms with E-state index in [0.29, 0.717) is 5.56 Å². The SMILES string of the molecule is C=C[CH]C(OCc1ccccc1)C(F)(F)F. The molecule has 4 heteroatoms. The molecule has 0 bridgehead atoms. The van der Waals surface area contributed by atoms with Crippen molar-refractivity contribution >= 4 is 0 Å². The van der Waals surface area contributed by atoms with E-state index in [9.17, 15) is 13.2 Å². The fraction of sp³-hybridized carbons (Fsp3) is 0.250. The van der Waals surface area contributed by atoms with Crippen LogP contribution < -0.4 is 0 Å². The summed E-state index contributed by atoms with van der Waals surface area (Å²) in [6.45, 7) is 3.16. The molecule has 0 aliphatic carbocycles. The first kappa shape index (κ1) is 12.8. The van der Waals surface area contributed by atoms with E-state index in [2.05, 4.69) is 6.58 Å². The van der Waals surface area contributed by atoms with Crippen molar-refractivity contribution in [3.05, 3.63) is 55.0 Å². The normalized spacial score (nSPS) is 13.4. The molecule has 1 radical (unpaired) electrons. The van der Waals surface area contributed by atoms with Crippen molar-refractivity contribution in [3.8, 4) is 0 Å². The summed E-state index contributed by atoms with van der Waals surface area (Å²) in [6.07, 6.45) is -4.32. The van der Waals surface area contributed by atoms with Crippen LogP contribution in [0.25, 0.3) is 0 Å². The first-order chi connectivity index (χ1) is 7.54. The van der Waals surface area contributed by atoms with Crippen molar-refractivity contribution in [1.82, 2.24) is 0 Å². The van der Waals surface area contributed by atoms with Crippen molar-refractivity contribution < 1.29 is 17.9 Å². The second-order valence-electron chi connectivity index (χ2n) is 3.19. The van der Waals surface area contributed by atoms with Crippen LogP contribution in [-0.2, 0) is 11.3 Å². The molecule has 0 aliphatic heterocycles. The molecule has 0 aromatic heterocycles. The predicted molar refractivity (Wildman–Crippen MR) is 55.6 cm³/mol. The van der Waals surface area contributed by atoms with Crippen LogP contribution in [0.4, 0.5) is 13.2 Å². The van der Waals surface area contributed by atoms with Crippen LogP contribution in [0.1, 0.15) is 5.56 Å². The summed E-state index contributed by atoms with van der Waals surface area (Å²) in [5.41, 5.74) is 0.703. The van der Waals surface area contributed by atoms with Gasteiger partial charge in [0.25, 0.3) is 0 Å². The van der Waals surface area contributed by atoms with Crippen molar-refractivity contribution in [1.29, 1.82) is 0 Å². The number of benzene rings is 1. The molecule has 1 unspecified atom stereocenters. The van der Waals surface area contributed by atoms with E-state index < -0.39 is 12.3 Å². The highest BCUT2D eigenvalue weighted by molar-refractivity contribution is 5.13. The number of ether oxygens (including phenoxy) is 1. The Balaban J connectivity index is 2.54. The summed E-state index contributed by atoms with van der Waals surface area (Å²) in [7, 11) is 0. The highest BCUT2D eigenvalue weighted by atomic mass is 19.4. The molecular weight excluding hydrogens is 217 g/mol. The Morgan fingerprint density at radius 3 is 2.38 bits per heavy atom. The van der Waals surface area contributed by atoms with Gasteiger partial charge >= 0.3 is 6.18 Å². The molecule has 87 valence electrons. The van der Waals surface area contributed by atoms with Crippen LogP contribution in [-0.4, -0.2) is 12.3 Å². The maximum absolute atomic E-state index is 12.4. The van der Waals surface area contributed by atoms with E-state index in [1.165, 1.54) is 0 Å². The van der Waals surface area contributed by atoms with Gasteiger partial charge in [0, 0.05) is 6.42 Å². The Hall–Kier alpha value is -1.29. The molecule has 16 heavy (non-hydrogen) atoms. The average molecular weight is 229 g/mol. The average Bonchev–Trinajstić information content (AvgIpc) is 2.24. The standard InChI is InChI=1S/C12H12F3O/c1-2-6-11(12(13,14)15)16-9-10-7-4-3-5-8-10/h2-8,11H,1,9H2. The van der Waals surface area contributed by atoms with Gasteiger partial charge in [-0.25, -0.2) is 0 Å². The first-order valence-corrected chi connectivity index (χ1v) is 4.72. The smallest absolute Gasteiger partial charge is 0.363 e. The van der Waals surface area contributed by atoms with E-state index in [0.717, 1.165) is 12.5 Å². The molecule has 0 amide bonds. The largest absolute Gasteiger partial charge is 0.415 e. The van der Waals surface area contributed by atoms with Gasteiger partial charge in [0.15, 0.2) is 6.10 Å². The number of hydrogen-bond donors (Lipinski definition) is 0. The van der Waals surface area contributed by atoms with E-state index in [4.69, 9.17) is 4.74 Å². The van der Waals surface area contributed by atoms with Gasteiger partial charge in [0.2, 0.25) is 0 Å². The summed E-state index contributed by atoms with van der Waals surface area (Å²) in [6, 6.07) is 8.71. The number of rotatable bonds is 5. The molecule has 0 heterocycles. The lowest BCUT2D eigenvalue weighted by molar-refractivity contribution is -0.211. The van der Waals surface area contributed by atoms with Crippen LogP contribution in [0.2, 0.25) is 0 Å². The maximum Gasteiger partial charge on any atom is 0.415 e. The van der Waals surface area contributed by atoms with Gasteiger partial charge in [0.05, 0.1) is 6.61 Å². The summed E-state index contributed by atoms with van der Waals surface area (Å²) in [5.74, 6) is 0. The summed E-state index contributed by atoms with van der Waals surface area (Å²) in [4.78, 5) is 0. The van der Waals surface area contributed by atoms with Gasteiger partial charge in [-0.15, -0.1) is 6.58 Å². The van der Waals surface area contributed by atoms with Gasteiger partial charge in [-0.05, 0) is 5.56 Å². The molecule has 0 N–H and O–H groups in total. The molecule has 1 rings (SSSR count). The van der Waals surface area contributed by atoms with Gasteiger partial charge in [-0.3, -0.25) is 0 Å². The Labute approximate surface area is 92.5 Å². The lowest BCUT2D eigenvalue weighted by atomic mass is 10.2. The second kappa shape index (κ2) is 5.70. The zero-order valence-corrected chi connectivity index (χ0v) is 8.58. The third-order valence-electron chi connectivity index (χ3n) is 1.91. The van der Waals surface area contributed by atoms with Crippen LogP contribution in [0.5, 0.6) is 0 Å². The molecule has 1 nitrogen and oxygen atoms in total. The Morgan fingerprint density at radius 2 is 1.88 bits per heavy atom. The first-order valence-electron chi connectivity index (χ1n) is 4.72. The van der Waals surface area contributed by atoms with Gasteiger partial charge in [0.1, 0.15) is 0 Å². The van der Waals surface area contributed by atoms with Crippen molar-refractivity contribution in [2.45, 2.75) is 18.9 Å². The fourth-order valence-corrected chi connectivity index (χ4v) is 1.14. The third kappa shape index (κ3) is 4.06. The number of alkyl halides is 3. The zero-order chi connectivity index (χ0) is 12.0. The summed E-state index contributed by atoms with van der Waals surface area (Å²) >= 11 is 0. The zero-order valence-electron chi connectivity index (χ0n) is 8.58. The lowest BCUT2D eigenvalue weighted by Gasteiger charge is -2.19. The molecule has 0 fully saturated rings. The van der Waals surface area contributed by atoms with Crippen LogP contribution in [0.3, 0.4) is 0 Å².